The summed E-state index contributed by atoms with van der Waals surface area (Å²) < 4.78 is 48.6. The highest BCUT2D eigenvalue weighted by atomic mass is 32.2. The van der Waals surface area contributed by atoms with Crippen molar-refractivity contribution in [1.82, 2.24) is 9.78 Å². The Morgan fingerprint density at radius 2 is 1.86 bits per heavy atom. The third kappa shape index (κ3) is 2.77. The molecule has 2 aromatic rings. The largest absolute Gasteiger partial charge is 0.478 e. The molecule has 1 heterocycles. The first-order valence-electron chi connectivity index (χ1n) is 5.65. The molecule has 0 saturated carbocycles. The van der Waals surface area contributed by atoms with Crippen LogP contribution in [0, 0.1) is 6.92 Å². The lowest BCUT2D eigenvalue weighted by molar-refractivity contribution is 0.0696. The van der Waals surface area contributed by atoms with Gasteiger partial charge in [0.25, 0.3) is 0 Å². The van der Waals surface area contributed by atoms with Gasteiger partial charge in [0, 0.05) is 6.20 Å². The van der Waals surface area contributed by atoms with Crippen molar-refractivity contribution in [2.24, 2.45) is 0 Å². The monoisotopic (exact) mass is 316 g/mol. The van der Waals surface area contributed by atoms with Gasteiger partial charge in [-0.1, -0.05) is 0 Å². The fourth-order valence-corrected chi connectivity index (χ4v) is 2.41. The molecule has 0 radical (unpaired) electrons. The standard InChI is InChI=1S/C12H10F2N2O4S/c1-7-10(11(17)18)6-16(15-7)8-2-4-9(5-3-8)21(19,20)12(13)14/h2-6,12H,1H3,(H,17,18). The van der Waals surface area contributed by atoms with Crippen LogP contribution < -0.4 is 0 Å². The van der Waals surface area contributed by atoms with E-state index in [-0.39, 0.29) is 11.3 Å². The van der Waals surface area contributed by atoms with Crippen LogP contribution in [-0.2, 0) is 9.84 Å². The molecule has 0 aliphatic heterocycles. The van der Waals surface area contributed by atoms with Crippen LogP contribution in [0.4, 0.5) is 8.78 Å². The summed E-state index contributed by atoms with van der Waals surface area (Å²) in [6, 6.07) is 4.59. The van der Waals surface area contributed by atoms with Crippen molar-refractivity contribution in [2.45, 2.75) is 17.6 Å². The molecule has 0 aliphatic carbocycles. The summed E-state index contributed by atoms with van der Waals surface area (Å²) in [7, 11) is -4.65. The number of alkyl halides is 2. The predicted octanol–water partition coefficient (Wildman–Crippen LogP) is 1.88. The lowest BCUT2D eigenvalue weighted by Crippen LogP contribution is -2.11. The number of carboxylic acids is 1. The Balaban J connectivity index is 2.40. The van der Waals surface area contributed by atoms with Crippen LogP contribution in [0.15, 0.2) is 35.4 Å². The van der Waals surface area contributed by atoms with Gasteiger partial charge in [-0.3, -0.25) is 0 Å². The maximum atomic E-state index is 12.4. The third-order valence-electron chi connectivity index (χ3n) is 2.79. The van der Waals surface area contributed by atoms with Crippen LogP contribution in [0.1, 0.15) is 16.1 Å². The summed E-state index contributed by atoms with van der Waals surface area (Å²) in [6.45, 7) is 1.51. The van der Waals surface area contributed by atoms with Gasteiger partial charge >= 0.3 is 11.7 Å². The first-order chi connectivity index (χ1) is 9.73. The number of halogens is 2. The highest BCUT2D eigenvalue weighted by Crippen LogP contribution is 2.20. The predicted molar refractivity (Wildman–Crippen MR) is 68.5 cm³/mol. The van der Waals surface area contributed by atoms with E-state index in [1.807, 2.05) is 0 Å². The summed E-state index contributed by atoms with van der Waals surface area (Å²) in [5.74, 6) is -4.63. The molecular formula is C12H10F2N2O4S. The average molecular weight is 316 g/mol. The van der Waals surface area contributed by atoms with Crippen LogP contribution in [0.25, 0.3) is 5.69 Å². The van der Waals surface area contributed by atoms with E-state index >= 15 is 0 Å². The Morgan fingerprint density at radius 3 is 2.29 bits per heavy atom. The minimum Gasteiger partial charge on any atom is -0.478 e. The van der Waals surface area contributed by atoms with Crippen LogP contribution in [0.2, 0.25) is 0 Å². The van der Waals surface area contributed by atoms with Gasteiger partial charge in [0.1, 0.15) is 5.56 Å². The Hall–Kier alpha value is -2.29. The highest BCUT2D eigenvalue weighted by Gasteiger charge is 2.26. The first-order valence-corrected chi connectivity index (χ1v) is 7.20. The third-order valence-corrected chi connectivity index (χ3v) is 4.19. The number of hydrogen-bond acceptors (Lipinski definition) is 4. The minimum atomic E-state index is -4.65. The number of aromatic carboxylic acids is 1. The Morgan fingerprint density at radius 1 is 1.29 bits per heavy atom. The van der Waals surface area contributed by atoms with Crippen molar-refractivity contribution in [3.05, 3.63) is 41.7 Å². The van der Waals surface area contributed by atoms with Gasteiger partial charge in [-0.05, 0) is 31.2 Å². The van der Waals surface area contributed by atoms with Crippen molar-refractivity contribution >= 4 is 15.8 Å². The van der Waals surface area contributed by atoms with E-state index in [1.165, 1.54) is 29.9 Å². The van der Waals surface area contributed by atoms with Crippen LogP contribution in [0.3, 0.4) is 0 Å². The Labute approximate surface area is 118 Å². The van der Waals surface area contributed by atoms with Crippen molar-refractivity contribution in [2.75, 3.05) is 0 Å². The molecular weight excluding hydrogens is 306 g/mol. The van der Waals surface area contributed by atoms with E-state index in [0.717, 1.165) is 12.1 Å². The maximum absolute atomic E-state index is 12.4. The van der Waals surface area contributed by atoms with Gasteiger partial charge in [0.05, 0.1) is 16.3 Å². The van der Waals surface area contributed by atoms with Crippen LogP contribution in [-0.4, -0.2) is 35.0 Å². The zero-order valence-electron chi connectivity index (χ0n) is 10.7. The number of sulfone groups is 1. The number of benzene rings is 1. The molecule has 0 unspecified atom stereocenters. The van der Waals surface area contributed by atoms with E-state index in [4.69, 9.17) is 5.11 Å². The van der Waals surface area contributed by atoms with Crippen molar-refractivity contribution in [3.63, 3.8) is 0 Å². The lowest BCUT2D eigenvalue weighted by Gasteiger charge is -2.05. The SMILES string of the molecule is Cc1nn(-c2ccc(S(=O)(=O)C(F)F)cc2)cc1C(=O)O. The molecule has 0 bridgehead atoms. The second-order valence-electron chi connectivity index (χ2n) is 4.18. The molecule has 21 heavy (non-hydrogen) atoms. The summed E-state index contributed by atoms with van der Waals surface area (Å²) in [5, 5.41) is 12.9. The number of rotatable bonds is 4. The van der Waals surface area contributed by atoms with Gasteiger partial charge in [-0.25, -0.2) is 17.9 Å². The fourth-order valence-electron chi connectivity index (χ4n) is 1.69. The molecule has 2 rings (SSSR count). The van der Waals surface area contributed by atoms with E-state index in [0.29, 0.717) is 5.69 Å². The number of hydrogen-bond donors (Lipinski definition) is 1. The lowest BCUT2D eigenvalue weighted by atomic mass is 10.3. The van der Waals surface area contributed by atoms with E-state index in [1.54, 1.807) is 0 Å². The first kappa shape index (κ1) is 15.1. The van der Waals surface area contributed by atoms with Crippen LogP contribution >= 0.6 is 0 Å². The maximum Gasteiger partial charge on any atom is 0.341 e. The number of nitrogens with zero attached hydrogens (tertiary/aromatic N) is 2. The second-order valence-corrected chi connectivity index (χ2v) is 6.10. The number of aryl methyl sites for hydroxylation is 1. The molecule has 9 heteroatoms. The van der Waals surface area contributed by atoms with Crippen molar-refractivity contribution < 1.29 is 27.1 Å². The summed E-state index contributed by atoms with van der Waals surface area (Å²) in [6.07, 6.45) is 1.26. The molecule has 1 aromatic heterocycles. The average Bonchev–Trinajstić information content (AvgIpc) is 2.81. The molecule has 6 nitrogen and oxygen atoms in total. The number of aromatic nitrogens is 2. The van der Waals surface area contributed by atoms with Gasteiger partial charge in [-0.15, -0.1) is 0 Å². The summed E-state index contributed by atoms with van der Waals surface area (Å²) >= 11 is 0. The van der Waals surface area contributed by atoms with E-state index < -0.39 is 26.5 Å². The van der Waals surface area contributed by atoms with Crippen molar-refractivity contribution in [1.29, 1.82) is 0 Å². The Bertz CT molecular complexity index is 782. The van der Waals surface area contributed by atoms with Gasteiger partial charge in [0.2, 0.25) is 9.84 Å². The molecule has 0 amide bonds. The number of carboxylic acid groups (broad SMARTS) is 1. The zero-order valence-corrected chi connectivity index (χ0v) is 11.5. The van der Waals surface area contributed by atoms with Gasteiger partial charge < -0.3 is 5.11 Å². The van der Waals surface area contributed by atoms with Gasteiger partial charge in [-0.2, -0.15) is 13.9 Å². The quantitative estimate of drug-likeness (QED) is 0.930. The minimum absolute atomic E-state index is 0.000668. The molecule has 1 N–H and O–H groups in total. The molecule has 0 fully saturated rings. The van der Waals surface area contributed by atoms with E-state index in [2.05, 4.69) is 5.10 Å². The smallest absolute Gasteiger partial charge is 0.341 e. The van der Waals surface area contributed by atoms with E-state index in [9.17, 15) is 22.0 Å². The second kappa shape index (κ2) is 5.24. The fraction of sp³-hybridized carbons (Fsp3) is 0.167. The topological polar surface area (TPSA) is 89.3 Å². The molecule has 1 aromatic carbocycles. The van der Waals surface area contributed by atoms with Crippen LogP contribution in [0.5, 0.6) is 0 Å². The van der Waals surface area contributed by atoms with Crippen molar-refractivity contribution in [3.8, 4) is 5.69 Å². The molecule has 0 aliphatic rings. The molecule has 112 valence electrons. The molecule has 0 spiro atoms. The summed E-state index contributed by atoms with van der Waals surface area (Å²) in [5.41, 5.74) is 0.643. The normalized spacial score (nSPS) is 11.8. The summed E-state index contributed by atoms with van der Waals surface area (Å²) in [4.78, 5) is 10.4. The highest BCUT2D eigenvalue weighted by molar-refractivity contribution is 7.91. The Kier molecular flexibility index (Phi) is 3.77. The number of carbonyl (C=O) groups is 1. The molecule has 0 saturated heterocycles. The molecule has 0 atom stereocenters. The zero-order chi connectivity index (χ0) is 15.8. The van der Waals surface area contributed by atoms with Gasteiger partial charge in [0.15, 0.2) is 0 Å².